The maximum atomic E-state index is 15.5. The van der Waals surface area contributed by atoms with Gasteiger partial charge in [-0.25, -0.2) is 8.96 Å². The average Bonchev–Trinajstić information content (AvgIpc) is 3.20. The van der Waals surface area contributed by atoms with Crippen LogP contribution in [-0.4, -0.2) is 4.40 Å². The number of benzene rings is 3. The van der Waals surface area contributed by atoms with E-state index in [1.807, 2.05) is 6.07 Å². The molecule has 0 spiro atoms. The highest BCUT2D eigenvalue weighted by molar-refractivity contribution is 6.26. The van der Waals surface area contributed by atoms with Gasteiger partial charge in [-0.3, -0.25) is 0 Å². The summed E-state index contributed by atoms with van der Waals surface area (Å²) >= 11 is 0. The summed E-state index contributed by atoms with van der Waals surface area (Å²) in [6, 6.07) is 15.2. The average molecular weight is 488 g/mol. The molecule has 0 radical (unpaired) electrons. The van der Waals surface area contributed by atoms with E-state index in [2.05, 4.69) is 66.4 Å². The summed E-state index contributed by atoms with van der Waals surface area (Å²) in [6.45, 7) is 4.40. The van der Waals surface area contributed by atoms with Crippen molar-refractivity contribution in [2.45, 2.75) is 57.8 Å². The normalized spacial score (nSPS) is 27.2. The minimum Gasteiger partial charge on any atom is -0.307 e. The zero-order chi connectivity index (χ0) is 24.8. The number of pyridine rings is 2. The van der Waals surface area contributed by atoms with Gasteiger partial charge in [-0.05, 0) is 128 Å². The van der Waals surface area contributed by atoms with Crippen molar-refractivity contribution in [1.29, 1.82) is 0 Å². The second-order valence-corrected chi connectivity index (χ2v) is 13.0. The fourth-order valence-corrected chi connectivity index (χ4v) is 9.68. The van der Waals surface area contributed by atoms with E-state index in [-0.39, 0.29) is 5.82 Å². The van der Waals surface area contributed by atoms with Gasteiger partial charge < -0.3 is 4.40 Å². The Balaban J connectivity index is 1.52. The van der Waals surface area contributed by atoms with Crippen LogP contribution >= 0.6 is 0 Å². The van der Waals surface area contributed by atoms with E-state index in [1.54, 1.807) is 6.07 Å². The molecular formula is C34H32FN2+. The molecule has 6 aromatic rings. The van der Waals surface area contributed by atoms with Crippen LogP contribution in [0.3, 0.4) is 0 Å². The maximum absolute atomic E-state index is 15.5. The highest BCUT2D eigenvalue weighted by atomic mass is 19.1. The summed E-state index contributed by atoms with van der Waals surface area (Å²) in [5, 5.41) is 5.69. The summed E-state index contributed by atoms with van der Waals surface area (Å²) in [5.41, 5.74) is 9.03. The van der Waals surface area contributed by atoms with Crippen LogP contribution < -0.4 is 4.57 Å². The fourth-order valence-electron chi connectivity index (χ4n) is 9.68. The van der Waals surface area contributed by atoms with Crippen LogP contribution in [0.25, 0.3) is 49.0 Å². The van der Waals surface area contributed by atoms with Crippen LogP contribution in [0.2, 0.25) is 0 Å². The molecule has 0 saturated heterocycles. The van der Waals surface area contributed by atoms with Crippen LogP contribution in [0.5, 0.6) is 0 Å². The molecular weight excluding hydrogens is 455 g/mol. The Morgan fingerprint density at radius 2 is 1.59 bits per heavy atom. The van der Waals surface area contributed by atoms with Crippen molar-refractivity contribution in [3.05, 3.63) is 71.2 Å². The first-order valence-electron chi connectivity index (χ1n) is 14.1. The highest BCUT2D eigenvalue weighted by Crippen LogP contribution is 2.61. The zero-order valence-electron chi connectivity index (χ0n) is 21.9. The van der Waals surface area contributed by atoms with Gasteiger partial charge in [-0.15, -0.1) is 0 Å². The van der Waals surface area contributed by atoms with Crippen molar-refractivity contribution in [3.63, 3.8) is 0 Å². The van der Waals surface area contributed by atoms with E-state index in [0.29, 0.717) is 5.41 Å². The third-order valence-electron chi connectivity index (χ3n) is 10.9. The number of aromatic nitrogens is 2. The lowest BCUT2D eigenvalue weighted by Crippen LogP contribution is -2.48. The number of hydrogen-bond acceptors (Lipinski definition) is 0. The number of nitrogens with zero attached hydrogens (tertiary/aromatic N) is 2. The van der Waals surface area contributed by atoms with Crippen molar-refractivity contribution in [2.75, 3.05) is 0 Å². The molecule has 4 fully saturated rings. The molecule has 184 valence electrons. The van der Waals surface area contributed by atoms with E-state index in [1.165, 1.54) is 87.9 Å². The second-order valence-electron chi connectivity index (χ2n) is 13.0. The lowest BCUT2D eigenvalue weighted by molar-refractivity contribution is -0.643. The summed E-state index contributed by atoms with van der Waals surface area (Å²) in [5.74, 6) is 2.59. The summed E-state index contributed by atoms with van der Waals surface area (Å²) in [4.78, 5) is 0. The van der Waals surface area contributed by atoms with Gasteiger partial charge in [-0.1, -0.05) is 6.07 Å². The number of hydrogen-bond donors (Lipinski definition) is 0. The summed E-state index contributed by atoms with van der Waals surface area (Å²) < 4.78 is 20.2. The number of aryl methyl sites for hydroxylation is 3. The van der Waals surface area contributed by atoms with Crippen LogP contribution in [0.15, 0.2) is 48.7 Å². The van der Waals surface area contributed by atoms with Crippen molar-refractivity contribution in [1.82, 2.24) is 4.40 Å². The predicted molar refractivity (Wildman–Crippen MR) is 149 cm³/mol. The molecule has 0 atom stereocenters. The van der Waals surface area contributed by atoms with E-state index in [9.17, 15) is 0 Å². The predicted octanol–water partition coefficient (Wildman–Crippen LogP) is 8.04. The van der Waals surface area contributed by atoms with Gasteiger partial charge in [0.15, 0.2) is 6.20 Å². The van der Waals surface area contributed by atoms with Gasteiger partial charge in [0.1, 0.15) is 12.9 Å². The molecule has 10 rings (SSSR count). The number of rotatable bonds is 1. The van der Waals surface area contributed by atoms with Crippen molar-refractivity contribution in [2.24, 2.45) is 24.8 Å². The van der Waals surface area contributed by atoms with Gasteiger partial charge in [0.05, 0.1) is 27.3 Å². The third-order valence-corrected chi connectivity index (χ3v) is 10.9. The van der Waals surface area contributed by atoms with Crippen LogP contribution in [0.1, 0.15) is 55.2 Å². The molecule has 0 unspecified atom stereocenters. The molecule has 3 heteroatoms. The molecule has 3 heterocycles. The monoisotopic (exact) mass is 487 g/mol. The molecule has 4 bridgehead atoms. The lowest BCUT2D eigenvalue weighted by Gasteiger charge is -2.57. The number of fused-ring (bicyclic) bond motifs is 5. The Kier molecular flexibility index (Phi) is 3.72. The quantitative estimate of drug-likeness (QED) is 0.126. The Morgan fingerprint density at radius 1 is 0.865 bits per heavy atom. The molecule has 4 aliphatic carbocycles. The molecule has 0 N–H and O–H groups in total. The molecule has 0 amide bonds. The van der Waals surface area contributed by atoms with Crippen LogP contribution in [0, 0.1) is 37.4 Å². The van der Waals surface area contributed by atoms with E-state index >= 15 is 4.39 Å². The van der Waals surface area contributed by atoms with Crippen molar-refractivity contribution in [3.8, 4) is 0 Å². The molecule has 4 saturated carbocycles. The van der Waals surface area contributed by atoms with E-state index < -0.39 is 0 Å². The van der Waals surface area contributed by atoms with Gasteiger partial charge in [0, 0.05) is 16.8 Å². The highest BCUT2D eigenvalue weighted by Gasteiger charge is 2.51. The molecule has 4 aliphatic rings. The minimum atomic E-state index is -0.126. The molecule has 3 aromatic carbocycles. The van der Waals surface area contributed by atoms with Gasteiger partial charge >= 0.3 is 0 Å². The minimum absolute atomic E-state index is 0.126. The lowest BCUT2D eigenvalue weighted by atomic mass is 9.48. The standard InChI is InChI=1S/C34H32FN2/c1-18-9-25-31-26(35)5-4-6-27(31)37-28-14-24(34-15-20-10-21(16-34)12-22(11-20)17-34)13-23-7-8-36(3)33(30(23)28)29(19(18)2)32(25)37/h4-9,13-14,20-22H,10-12,15-17H2,1-3H3/q+1. The largest absolute Gasteiger partial charge is 0.307 e. The summed E-state index contributed by atoms with van der Waals surface area (Å²) in [7, 11) is 2.16. The first-order valence-corrected chi connectivity index (χ1v) is 14.1. The fraction of sp³-hybridized carbons (Fsp3) is 0.382. The Morgan fingerprint density at radius 3 is 2.32 bits per heavy atom. The summed E-state index contributed by atoms with van der Waals surface area (Å²) in [6.07, 6.45) is 10.6. The maximum Gasteiger partial charge on any atom is 0.224 e. The van der Waals surface area contributed by atoms with Gasteiger partial charge in [0.25, 0.3) is 0 Å². The molecule has 2 nitrogen and oxygen atoms in total. The van der Waals surface area contributed by atoms with E-state index in [4.69, 9.17) is 0 Å². The van der Waals surface area contributed by atoms with Gasteiger partial charge in [0.2, 0.25) is 5.52 Å². The van der Waals surface area contributed by atoms with Crippen LogP contribution in [0.4, 0.5) is 4.39 Å². The first-order chi connectivity index (χ1) is 17.9. The third kappa shape index (κ3) is 2.45. The van der Waals surface area contributed by atoms with Crippen molar-refractivity contribution >= 4 is 49.0 Å². The molecule has 3 aromatic heterocycles. The topological polar surface area (TPSA) is 8.29 Å². The number of halogens is 1. The van der Waals surface area contributed by atoms with Gasteiger partial charge in [-0.2, -0.15) is 0 Å². The van der Waals surface area contributed by atoms with Crippen molar-refractivity contribution < 1.29 is 8.96 Å². The molecule has 0 aliphatic heterocycles. The Labute approximate surface area is 216 Å². The molecule has 37 heavy (non-hydrogen) atoms. The Bertz CT molecular complexity index is 1920. The van der Waals surface area contributed by atoms with E-state index in [0.717, 1.165) is 34.0 Å². The second kappa shape index (κ2) is 6.62. The zero-order valence-corrected chi connectivity index (χ0v) is 21.9. The smallest absolute Gasteiger partial charge is 0.224 e. The van der Waals surface area contributed by atoms with Crippen LogP contribution in [-0.2, 0) is 12.5 Å². The first kappa shape index (κ1) is 20.8. The Hall–Kier alpha value is -3.20. The SMILES string of the molecule is Cc1cc2c3c(F)cccc3n3c4cc(C56CC7CC(CC(C7)C5)C6)cc5cc[n+](C)c(c(c1C)c23)c54.